The maximum atomic E-state index is 12.0. The highest BCUT2D eigenvalue weighted by Crippen LogP contribution is 2.19. The van der Waals surface area contributed by atoms with Gasteiger partial charge in [-0.05, 0) is 37.5 Å². The van der Waals surface area contributed by atoms with Crippen molar-refractivity contribution in [2.24, 2.45) is 0 Å². The molecule has 0 aliphatic heterocycles. The van der Waals surface area contributed by atoms with Gasteiger partial charge in [-0.1, -0.05) is 42.7 Å². The van der Waals surface area contributed by atoms with Gasteiger partial charge in [0.15, 0.2) is 0 Å². The van der Waals surface area contributed by atoms with Crippen molar-refractivity contribution in [1.29, 1.82) is 0 Å². The number of rotatable bonds is 6. The number of carbonyl (C=O) groups excluding carboxylic acids is 1. The van der Waals surface area contributed by atoms with Crippen LogP contribution in [0.4, 0.5) is 9.93 Å². The van der Waals surface area contributed by atoms with E-state index in [0.29, 0.717) is 18.2 Å². The highest BCUT2D eigenvalue weighted by Gasteiger charge is 2.16. The molecule has 1 aromatic heterocycles. The number of aryl methyl sites for hydroxylation is 1. The first-order valence-electron chi connectivity index (χ1n) is 8.78. The average molecular weight is 360 g/mol. The summed E-state index contributed by atoms with van der Waals surface area (Å²) in [6.07, 6.45) is 6.43. The van der Waals surface area contributed by atoms with E-state index in [1.807, 2.05) is 31.2 Å². The highest BCUT2D eigenvalue weighted by atomic mass is 32.1. The Hall–Kier alpha value is -2.15. The fraction of sp³-hybridized carbons (Fsp3) is 0.500. The maximum Gasteiger partial charge on any atom is 0.321 e. The molecule has 7 heteroatoms. The quantitative estimate of drug-likeness (QED) is 0.818. The number of nitrogens with zero attached hydrogens (tertiary/aromatic N) is 2. The Morgan fingerprint density at radius 2 is 2.12 bits per heavy atom. The van der Waals surface area contributed by atoms with Gasteiger partial charge in [-0.25, -0.2) is 4.79 Å². The molecule has 0 bridgehead atoms. The molecule has 1 heterocycles. The second-order valence-corrected chi connectivity index (χ2v) is 7.41. The summed E-state index contributed by atoms with van der Waals surface area (Å²) in [4.78, 5) is 12.0. The maximum absolute atomic E-state index is 12.0. The summed E-state index contributed by atoms with van der Waals surface area (Å²) in [5.41, 5.74) is 1.17. The van der Waals surface area contributed by atoms with Crippen LogP contribution in [0.5, 0.6) is 5.75 Å². The minimum atomic E-state index is -0.189. The average Bonchev–Trinajstić information content (AvgIpc) is 3.03. The lowest BCUT2D eigenvalue weighted by molar-refractivity contribution is 0.244. The van der Waals surface area contributed by atoms with Gasteiger partial charge < -0.3 is 10.1 Å². The number of urea groups is 1. The zero-order valence-electron chi connectivity index (χ0n) is 14.5. The minimum absolute atomic E-state index is 0.189. The normalized spacial score (nSPS) is 14.9. The third-order valence-corrected chi connectivity index (χ3v) is 5.10. The van der Waals surface area contributed by atoms with E-state index < -0.39 is 0 Å². The summed E-state index contributed by atoms with van der Waals surface area (Å²) in [6, 6.07) is 8.05. The Morgan fingerprint density at radius 1 is 1.28 bits per heavy atom. The van der Waals surface area contributed by atoms with Crippen molar-refractivity contribution in [1.82, 2.24) is 15.5 Å². The lowest BCUT2D eigenvalue weighted by Crippen LogP contribution is -2.38. The van der Waals surface area contributed by atoms with E-state index in [0.717, 1.165) is 23.6 Å². The van der Waals surface area contributed by atoms with Gasteiger partial charge in [0, 0.05) is 12.5 Å². The first-order chi connectivity index (χ1) is 12.2. The molecule has 0 radical (unpaired) electrons. The van der Waals surface area contributed by atoms with Gasteiger partial charge in [-0.3, -0.25) is 5.32 Å². The van der Waals surface area contributed by atoms with Crippen LogP contribution < -0.4 is 15.4 Å². The Kier molecular flexibility index (Phi) is 6.22. The molecular weight excluding hydrogens is 336 g/mol. The van der Waals surface area contributed by atoms with Crippen LogP contribution >= 0.6 is 11.3 Å². The van der Waals surface area contributed by atoms with Crippen LogP contribution in [0.1, 0.15) is 42.7 Å². The third kappa shape index (κ3) is 5.70. The van der Waals surface area contributed by atoms with E-state index in [-0.39, 0.29) is 12.1 Å². The summed E-state index contributed by atoms with van der Waals surface area (Å²) in [5.74, 6) is 0.856. The number of benzene rings is 1. The number of hydrogen-bond acceptors (Lipinski definition) is 5. The summed E-state index contributed by atoms with van der Waals surface area (Å²) in [7, 11) is 0. The monoisotopic (exact) mass is 360 g/mol. The number of aromatic nitrogens is 2. The lowest BCUT2D eigenvalue weighted by Gasteiger charge is -2.22. The first-order valence-corrected chi connectivity index (χ1v) is 9.60. The van der Waals surface area contributed by atoms with Crippen molar-refractivity contribution < 1.29 is 9.53 Å². The molecule has 2 aromatic rings. The zero-order chi connectivity index (χ0) is 17.5. The first kappa shape index (κ1) is 17.7. The summed E-state index contributed by atoms with van der Waals surface area (Å²) in [5, 5.41) is 15.3. The smallest absolute Gasteiger partial charge is 0.321 e. The van der Waals surface area contributed by atoms with Crippen LogP contribution in [-0.4, -0.2) is 28.9 Å². The Bertz CT molecular complexity index is 698. The lowest BCUT2D eigenvalue weighted by atomic mass is 9.96. The molecule has 25 heavy (non-hydrogen) atoms. The number of amides is 2. The molecule has 2 amide bonds. The molecule has 2 N–H and O–H groups in total. The number of anilines is 1. The molecule has 3 rings (SSSR count). The number of nitrogens with one attached hydrogen (secondary N) is 2. The molecule has 1 fully saturated rings. The van der Waals surface area contributed by atoms with Crippen molar-refractivity contribution in [2.75, 3.05) is 11.9 Å². The van der Waals surface area contributed by atoms with E-state index in [1.165, 1.54) is 36.2 Å². The fourth-order valence-corrected chi connectivity index (χ4v) is 3.65. The molecular formula is C18H24N4O2S. The van der Waals surface area contributed by atoms with Crippen LogP contribution in [0.25, 0.3) is 0 Å². The SMILES string of the molecule is Cc1cccc(OCCc2nnc(NC(=O)NC3CCCCC3)s2)c1. The van der Waals surface area contributed by atoms with Gasteiger partial charge in [0.25, 0.3) is 0 Å². The molecule has 1 saturated carbocycles. The second-order valence-electron chi connectivity index (χ2n) is 6.35. The van der Waals surface area contributed by atoms with Crippen molar-refractivity contribution in [2.45, 2.75) is 51.5 Å². The topological polar surface area (TPSA) is 76.1 Å². The summed E-state index contributed by atoms with van der Waals surface area (Å²) in [6.45, 7) is 2.57. The van der Waals surface area contributed by atoms with Crippen molar-refractivity contribution in [3.05, 3.63) is 34.8 Å². The van der Waals surface area contributed by atoms with Gasteiger partial charge in [0.2, 0.25) is 5.13 Å². The van der Waals surface area contributed by atoms with Crippen molar-refractivity contribution in [3.63, 3.8) is 0 Å². The Balaban J connectivity index is 1.41. The molecule has 0 atom stereocenters. The summed E-state index contributed by atoms with van der Waals surface area (Å²) < 4.78 is 5.72. The standard InChI is InChI=1S/C18H24N4O2S/c1-13-6-5-9-15(12-13)24-11-10-16-21-22-18(25-16)20-17(23)19-14-7-3-2-4-8-14/h5-6,9,12,14H,2-4,7-8,10-11H2,1H3,(H2,19,20,22,23). The van der Waals surface area contributed by atoms with E-state index >= 15 is 0 Å². The number of hydrogen-bond donors (Lipinski definition) is 2. The molecule has 1 aliphatic carbocycles. The van der Waals surface area contributed by atoms with E-state index in [2.05, 4.69) is 20.8 Å². The fourth-order valence-electron chi connectivity index (χ4n) is 2.93. The molecule has 1 aliphatic rings. The van der Waals surface area contributed by atoms with Gasteiger partial charge in [0.05, 0.1) is 6.61 Å². The second kappa shape index (κ2) is 8.80. The van der Waals surface area contributed by atoms with Gasteiger partial charge in [-0.15, -0.1) is 10.2 Å². The van der Waals surface area contributed by atoms with Crippen LogP contribution in [0, 0.1) is 6.92 Å². The largest absolute Gasteiger partial charge is 0.493 e. The van der Waals surface area contributed by atoms with E-state index in [9.17, 15) is 4.79 Å². The van der Waals surface area contributed by atoms with Crippen LogP contribution in [0.15, 0.2) is 24.3 Å². The van der Waals surface area contributed by atoms with E-state index in [1.54, 1.807) is 0 Å². The van der Waals surface area contributed by atoms with E-state index in [4.69, 9.17) is 4.74 Å². The number of carbonyl (C=O) groups is 1. The predicted octanol–water partition coefficient (Wildman–Crippen LogP) is 3.92. The van der Waals surface area contributed by atoms with Crippen LogP contribution in [-0.2, 0) is 6.42 Å². The minimum Gasteiger partial charge on any atom is -0.493 e. The molecule has 0 spiro atoms. The Labute approximate surface area is 152 Å². The molecule has 0 saturated heterocycles. The predicted molar refractivity (Wildman–Crippen MR) is 99.3 cm³/mol. The number of ether oxygens (including phenoxy) is 1. The van der Waals surface area contributed by atoms with Gasteiger partial charge in [0.1, 0.15) is 10.8 Å². The Morgan fingerprint density at radius 3 is 2.92 bits per heavy atom. The highest BCUT2D eigenvalue weighted by molar-refractivity contribution is 7.15. The molecule has 1 aromatic carbocycles. The third-order valence-electron chi connectivity index (χ3n) is 4.20. The zero-order valence-corrected chi connectivity index (χ0v) is 15.3. The van der Waals surface area contributed by atoms with Crippen LogP contribution in [0.2, 0.25) is 0 Å². The van der Waals surface area contributed by atoms with Crippen molar-refractivity contribution in [3.8, 4) is 5.75 Å². The summed E-state index contributed by atoms with van der Waals surface area (Å²) >= 11 is 1.39. The van der Waals surface area contributed by atoms with Crippen LogP contribution in [0.3, 0.4) is 0 Å². The van der Waals surface area contributed by atoms with Gasteiger partial charge >= 0.3 is 6.03 Å². The molecule has 0 unspecified atom stereocenters. The molecule has 134 valence electrons. The van der Waals surface area contributed by atoms with Gasteiger partial charge in [-0.2, -0.15) is 0 Å². The molecule has 6 nitrogen and oxygen atoms in total. The van der Waals surface area contributed by atoms with Crippen molar-refractivity contribution >= 4 is 22.5 Å².